The zero-order valence-corrected chi connectivity index (χ0v) is 13.3. The molecule has 0 atom stereocenters. The van der Waals surface area contributed by atoms with Crippen molar-refractivity contribution in [1.29, 1.82) is 0 Å². The Morgan fingerprint density at radius 1 is 1.40 bits per heavy atom. The maximum absolute atomic E-state index is 12.1. The molecule has 5 nitrogen and oxygen atoms in total. The highest BCUT2D eigenvalue weighted by molar-refractivity contribution is 9.10. The van der Waals surface area contributed by atoms with Gasteiger partial charge in [0.25, 0.3) is 5.91 Å². The molecule has 2 rings (SSSR count). The molecule has 20 heavy (non-hydrogen) atoms. The molecule has 1 aromatic carbocycles. The second-order valence-electron chi connectivity index (χ2n) is 4.75. The van der Waals surface area contributed by atoms with E-state index in [1.165, 1.54) is 0 Å². The second-order valence-corrected chi connectivity index (χ2v) is 5.60. The van der Waals surface area contributed by atoms with Crippen LogP contribution in [0.25, 0.3) is 0 Å². The summed E-state index contributed by atoms with van der Waals surface area (Å²) >= 11 is 3.47. The molecule has 1 amide bonds. The van der Waals surface area contributed by atoms with Crippen LogP contribution in [0, 0.1) is 13.8 Å². The van der Waals surface area contributed by atoms with Gasteiger partial charge in [-0.15, -0.1) is 5.10 Å². The van der Waals surface area contributed by atoms with Crippen LogP contribution in [0.3, 0.4) is 0 Å². The fraction of sp³-hybridized carbons (Fsp3) is 0.357. The van der Waals surface area contributed by atoms with Gasteiger partial charge in [-0.2, -0.15) is 0 Å². The number of aryl methyl sites for hydroxylation is 3. The van der Waals surface area contributed by atoms with Gasteiger partial charge in [-0.05, 0) is 53.4 Å². The number of halogens is 1. The standard InChI is InChI=1S/C14H17BrN4O/c1-4-5-11-16-13(19-18-11)14(20)17-12-9(3)6-8(2)7-10(12)15/h6-7H,4-5H2,1-3H3,(H,17,20)(H,16,18,19). The first-order valence-corrected chi connectivity index (χ1v) is 7.30. The Morgan fingerprint density at radius 3 is 2.80 bits per heavy atom. The number of carbonyl (C=O) groups is 1. The number of nitrogens with one attached hydrogen (secondary N) is 2. The van der Waals surface area contributed by atoms with E-state index in [0.717, 1.165) is 40.0 Å². The summed E-state index contributed by atoms with van der Waals surface area (Å²) in [6, 6.07) is 3.98. The molecule has 0 spiro atoms. The van der Waals surface area contributed by atoms with Crippen molar-refractivity contribution in [2.75, 3.05) is 5.32 Å². The van der Waals surface area contributed by atoms with E-state index in [1.54, 1.807) is 0 Å². The van der Waals surface area contributed by atoms with Gasteiger partial charge in [-0.1, -0.05) is 13.0 Å². The van der Waals surface area contributed by atoms with Crippen molar-refractivity contribution in [3.63, 3.8) is 0 Å². The fourth-order valence-corrected chi connectivity index (χ4v) is 2.76. The Hall–Kier alpha value is -1.69. The van der Waals surface area contributed by atoms with Crippen molar-refractivity contribution < 1.29 is 4.79 Å². The van der Waals surface area contributed by atoms with E-state index in [4.69, 9.17) is 0 Å². The molecule has 1 heterocycles. The molecule has 2 N–H and O–H groups in total. The number of amides is 1. The smallest absolute Gasteiger partial charge is 0.295 e. The average Bonchev–Trinajstić information content (AvgIpc) is 2.82. The van der Waals surface area contributed by atoms with Crippen LogP contribution in [0.15, 0.2) is 16.6 Å². The van der Waals surface area contributed by atoms with Crippen molar-refractivity contribution >= 4 is 27.5 Å². The van der Waals surface area contributed by atoms with Crippen molar-refractivity contribution in [1.82, 2.24) is 15.2 Å². The lowest BCUT2D eigenvalue weighted by Crippen LogP contribution is -2.15. The van der Waals surface area contributed by atoms with Gasteiger partial charge in [0.1, 0.15) is 5.82 Å². The van der Waals surface area contributed by atoms with E-state index in [0.29, 0.717) is 0 Å². The van der Waals surface area contributed by atoms with Gasteiger partial charge in [0.15, 0.2) is 0 Å². The molecule has 1 aromatic heterocycles. The monoisotopic (exact) mass is 336 g/mol. The Kier molecular flexibility index (Phi) is 4.54. The molecule has 0 aliphatic heterocycles. The number of anilines is 1. The lowest BCUT2D eigenvalue weighted by molar-refractivity contribution is 0.101. The minimum atomic E-state index is -0.309. The van der Waals surface area contributed by atoms with E-state index in [1.807, 2.05) is 26.0 Å². The highest BCUT2D eigenvalue weighted by atomic mass is 79.9. The Balaban J connectivity index is 2.19. The number of carbonyl (C=O) groups excluding carboxylic acids is 1. The van der Waals surface area contributed by atoms with E-state index in [9.17, 15) is 4.79 Å². The molecular formula is C14H17BrN4O. The number of H-pyrrole nitrogens is 1. The number of aromatic nitrogens is 3. The van der Waals surface area contributed by atoms with Gasteiger partial charge in [0.05, 0.1) is 5.69 Å². The van der Waals surface area contributed by atoms with Crippen LogP contribution in [0.5, 0.6) is 0 Å². The Bertz CT molecular complexity index is 613. The van der Waals surface area contributed by atoms with E-state index in [-0.39, 0.29) is 11.7 Å². The quantitative estimate of drug-likeness (QED) is 0.898. The van der Waals surface area contributed by atoms with Crippen molar-refractivity contribution in [3.05, 3.63) is 39.4 Å². The highest BCUT2D eigenvalue weighted by Gasteiger charge is 2.15. The van der Waals surface area contributed by atoms with Crippen molar-refractivity contribution in [2.45, 2.75) is 33.6 Å². The molecule has 0 fully saturated rings. The van der Waals surface area contributed by atoms with Crippen LogP contribution in [-0.4, -0.2) is 21.1 Å². The summed E-state index contributed by atoms with van der Waals surface area (Å²) < 4.78 is 0.854. The van der Waals surface area contributed by atoms with E-state index < -0.39 is 0 Å². The summed E-state index contributed by atoms with van der Waals surface area (Å²) in [5, 5.41) is 9.57. The molecule has 6 heteroatoms. The van der Waals surface area contributed by atoms with Crippen molar-refractivity contribution in [2.24, 2.45) is 0 Å². The Labute approximate surface area is 126 Å². The van der Waals surface area contributed by atoms with Crippen LogP contribution in [0.1, 0.15) is 40.9 Å². The predicted molar refractivity (Wildman–Crippen MR) is 81.9 cm³/mol. The summed E-state index contributed by atoms with van der Waals surface area (Å²) in [7, 11) is 0. The maximum Gasteiger partial charge on any atom is 0.295 e. The van der Waals surface area contributed by atoms with Gasteiger partial charge in [-0.3, -0.25) is 9.89 Å². The third-order valence-electron chi connectivity index (χ3n) is 2.89. The first-order chi connectivity index (χ1) is 9.51. The molecule has 2 aromatic rings. The number of hydrogen-bond donors (Lipinski definition) is 2. The lowest BCUT2D eigenvalue weighted by Gasteiger charge is -2.10. The third kappa shape index (κ3) is 3.25. The molecule has 106 valence electrons. The molecule has 0 bridgehead atoms. The van der Waals surface area contributed by atoms with Crippen LogP contribution >= 0.6 is 15.9 Å². The minimum Gasteiger partial charge on any atom is -0.318 e. The zero-order chi connectivity index (χ0) is 14.7. The predicted octanol–water partition coefficient (Wildman–Crippen LogP) is 3.39. The largest absolute Gasteiger partial charge is 0.318 e. The van der Waals surface area contributed by atoms with Gasteiger partial charge in [0, 0.05) is 10.9 Å². The Morgan fingerprint density at radius 2 is 2.15 bits per heavy atom. The second kappa shape index (κ2) is 6.17. The highest BCUT2D eigenvalue weighted by Crippen LogP contribution is 2.28. The van der Waals surface area contributed by atoms with Gasteiger partial charge < -0.3 is 5.32 Å². The van der Waals surface area contributed by atoms with Gasteiger partial charge in [0.2, 0.25) is 5.82 Å². The number of rotatable bonds is 4. The van der Waals surface area contributed by atoms with Gasteiger partial charge >= 0.3 is 0 Å². The van der Waals surface area contributed by atoms with E-state index in [2.05, 4.69) is 43.4 Å². The summed E-state index contributed by atoms with van der Waals surface area (Å²) in [4.78, 5) is 16.3. The summed E-state index contributed by atoms with van der Waals surface area (Å²) in [6.45, 7) is 6.01. The maximum atomic E-state index is 12.1. The molecule has 0 saturated heterocycles. The summed E-state index contributed by atoms with van der Waals surface area (Å²) in [5.74, 6) is 0.592. The molecule has 0 radical (unpaired) electrons. The van der Waals surface area contributed by atoms with Crippen LogP contribution in [0.2, 0.25) is 0 Å². The topological polar surface area (TPSA) is 70.7 Å². The molecule has 0 aliphatic rings. The molecule has 0 aliphatic carbocycles. The van der Waals surface area contributed by atoms with Crippen LogP contribution in [-0.2, 0) is 6.42 Å². The normalized spacial score (nSPS) is 10.6. The summed E-state index contributed by atoms with van der Waals surface area (Å²) in [6.07, 6.45) is 1.74. The molecule has 0 unspecified atom stereocenters. The third-order valence-corrected chi connectivity index (χ3v) is 3.52. The summed E-state index contributed by atoms with van der Waals surface area (Å²) in [5.41, 5.74) is 2.88. The number of hydrogen-bond acceptors (Lipinski definition) is 3. The first-order valence-electron chi connectivity index (χ1n) is 6.50. The first kappa shape index (κ1) is 14.7. The number of nitrogens with zero attached hydrogens (tertiary/aromatic N) is 2. The van der Waals surface area contributed by atoms with Crippen LogP contribution < -0.4 is 5.32 Å². The SMILES string of the molecule is CCCc1nc(C(=O)Nc2c(C)cc(C)cc2Br)n[nH]1. The van der Waals surface area contributed by atoms with E-state index >= 15 is 0 Å². The van der Waals surface area contributed by atoms with Crippen LogP contribution in [0.4, 0.5) is 5.69 Å². The molecule has 0 saturated carbocycles. The minimum absolute atomic E-state index is 0.167. The molecular weight excluding hydrogens is 320 g/mol. The fourth-order valence-electron chi connectivity index (χ4n) is 1.99. The zero-order valence-electron chi connectivity index (χ0n) is 11.7. The van der Waals surface area contributed by atoms with Gasteiger partial charge in [-0.25, -0.2) is 4.98 Å². The van der Waals surface area contributed by atoms with Crippen molar-refractivity contribution in [3.8, 4) is 0 Å². The number of benzene rings is 1. The lowest BCUT2D eigenvalue weighted by atomic mass is 10.1. The number of aromatic amines is 1. The average molecular weight is 337 g/mol.